The number of hydrogen-bond acceptors (Lipinski definition) is 6. The number of carbonyl (C=O) groups excluding carboxylic acids is 1. The fourth-order valence-electron chi connectivity index (χ4n) is 3.20. The highest BCUT2D eigenvalue weighted by molar-refractivity contribution is 7.89. The number of primary sulfonamides is 1. The number of aryl methyl sites for hydroxylation is 2. The average Bonchev–Trinajstić information content (AvgIpc) is 2.68. The van der Waals surface area contributed by atoms with Crippen LogP contribution in [0.3, 0.4) is 0 Å². The maximum atomic E-state index is 12.7. The Balaban J connectivity index is 2.00. The maximum Gasteiger partial charge on any atom is 0.349 e. The van der Waals surface area contributed by atoms with Gasteiger partial charge >= 0.3 is 5.63 Å². The van der Waals surface area contributed by atoms with Crippen molar-refractivity contribution in [2.75, 3.05) is 12.4 Å². The first-order chi connectivity index (χ1) is 14.2. The van der Waals surface area contributed by atoms with Crippen LogP contribution in [0.15, 0.2) is 50.5 Å². The summed E-state index contributed by atoms with van der Waals surface area (Å²) in [6.07, 6.45) is 1.49. The lowest BCUT2D eigenvalue weighted by atomic mass is 10.0. The third-order valence-corrected chi connectivity index (χ3v) is 5.61. The molecule has 0 aliphatic heterocycles. The van der Waals surface area contributed by atoms with E-state index in [0.717, 1.165) is 12.0 Å². The fourth-order valence-corrected chi connectivity index (χ4v) is 3.80. The van der Waals surface area contributed by atoms with E-state index in [1.807, 2.05) is 6.92 Å². The van der Waals surface area contributed by atoms with Crippen molar-refractivity contribution in [3.63, 3.8) is 0 Å². The molecule has 3 N–H and O–H groups in total. The summed E-state index contributed by atoms with van der Waals surface area (Å²) in [5.41, 5.74) is 1.07. The summed E-state index contributed by atoms with van der Waals surface area (Å²) in [4.78, 5) is 25.2. The van der Waals surface area contributed by atoms with Gasteiger partial charge in [-0.1, -0.05) is 13.3 Å². The Labute approximate surface area is 173 Å². The summed E-state index contributed by atoms with van der Waals surface area (Å²) in [7, 11) is -2.31. The van der Waals surface area contributed by atoms with Gasteiger partial charge in [0.15, 0.2) is 0 Å². The predicted molar refractivity (Wildman–Crippen MR) is 114 cm³/mol. The lowest BCUT2D eigenvalue weighted by Gasteiger charge is -2.12. The normalized spacial score (nSPS) is 11.5. The van der Waals surface area contributed by atoms with E-state index in [4.69, 9.17) is 14.3 Å². The number of anilines is 1. The van der Waals surface area contributed by atoms with Gasteiger partial charge in [0, 0.05) is 16.6 Å². The predicted octanol–water partition coefficient (Wildman–Crippen LogP) is 2.96. The van der Waals surface area contributed by atoms with Crippen molar-refractivity contribution in [3.8, 4) is 5.75 Å². The average molecular weight is 430 g/mol. The summed E-state index contributed by atoms with van der Waals surface area (Å²) in [6.45, 7) is 3.62. The van der Waals surface area contributed by atoms with Gasteiger partial charge in [0.05, 0.1) is 12.0 Å². The number of amides is 1. The minimum atomic E-state index is -3.86. The summed E-state index contributed by atoms with van der Waals surface area (Å²) >= 11 is 0. The first-order valence-corrected chi connectivity index (χ1v) is 10.8. The molecule has 0 spiro atoms. The molecule has 3 aromatic rings. The molecular formula is C21H22N2O6S. The fraction of sp³-hybridized carbons (Fsp3) is 0.238. The molecular weight excluding hydrogens is 408 g/mol. The van der Waals surface area contributed by atoms with Crippen molar-refractivity contribution in [1.29, 1.82) is 0 Å². The highest BCUT2D eigenvalue weighted by Crippen LogP contribution is 2.29. The molecule has 0 atom stereocenters. The Bertz CT molecular complexity index is 1290. The molecule has 1 heterocycles. The zero-order valence-electron chi connectivity index (χ0n) is 16.8. The van der Waals surface area contributed by atoms with Gasteiger partial charge in [-0.05, 0) is 55.3 Å². The molecule has 0 bridgehead atoms. The van der Waals surface area contributed by atoms with E-state index < -0.39 is 21.6 Å². The number of benzene rings is 2. The second kappa shape index (κ2) is 8.29. The first kappa shape index (κ1) is 21.5. The molecule has 0 saturated heterocycles. The van der Waals surface area contributed by atoms with Crippen LogP contribution in [0.5, 0.6) is 5.75 Å². The summed E-state index contributed by atoms with van der Waals surface area (Å²) in [5.74, 6) is -0.0414. The van der Waals surface area contributed by atoms with Crippen molar-refractivity contribution >= 4 is 32.6 Å². The summed E-state index contributed by atoms with van der Waals surface area (Å²) < 4.78 is 33.7. The Morgan fingerprint density at radius 3 is 2.53 bits per heavy atom. The number of rotatable bonds is 6. The van der Waals surface area contributed by atoms with Gasteiger partial charge in [0.2, 0.25) is 10.0 Å². The van der Waals surface area contributed by atoms with Crippen LogP contribution in [0, 0.1) is 6.92 Å². The van der Waals surface area contributed by atoms with Crippen LogP contribution in [-0.2, 0) is 16.4 Å². The first-order valence-electron chi connectivity index (χ1n) is 9.24. The van der Waals surface area contributed by atoms with E-state index in [2.05, 4.69) is 5.32 Å². The van der Waals surface area contributed by atoms with Crippen molar-refractivity contribution < 1.29 is 22.4 Å². The van der Waals surface area contributed by atoms with E-state index in [-0.39, 0.29) is 10.5 Å². The third kappa shape index (κ3) is 4.22. The maximum absolute atomic E-state index is 12.7. The van der Waals surface area contributed by atoms with Crippen molar-refractivity contribution in [3.05, 3.63) is 63.5 Å². The van der Waals surface area contributed by atoms with Crippen molar-refractivity contribution in [2.24, 2.45) is 5.14 Å². The molecule has 30 heavy (non-hydrogen) atoms. The molecule has 1 aromatic heterocycles. The summed E-state index contributed by atoms with van der Waals surface area (Å²) in [6, 6.07) is 9.01. The van der Waals surface area contributed by atoms with E-state index in [1.54, 1.807) is 26.2 Å². The molecule has 0 saturated carbocycles. The third-order valence-electron chi connectivity index (χ3n) is 4.70. The Morgan fingerprint density at radius 1 is 1.20 bits per heavy atom. The molecule has 1 amide bonds. The lowest BCUT2D eigenvalue weighted by molar-refractivity contribution is 0.102. The van der Waals surface area contributed by atoms with E-state index in [9.17, 15) is 18.0 Å². The van der Waals surface area contributed by atoms with Crippen LogP contribution in [-0.4, -0.2) is 21.4 Å². The van der Waals surface area contributed by atoms with Gasteiger partial charge in [0.1, 0.15) is 16.9 Å². The van der Waals surface area contributed by atoms with Gasteiger partial charge in [-0.2, -0.15) is 0 Å². The molecule has 0 aliphatic rings. The number of sulfonamides is 1. The molecule has 3 rings (SSSR count). The Hall–Kier alpha value is -3.17. The van der Waals surface area contributed by atoms with Crippen LogP contribution in [0.2, 0.25) is 0 Å². The van der Waals surface area contributed by atoms with Crippen LogP contribution >= 0.6 is 0 Å². The highest BCUT2D eigenvalue weighted by Gasteiger charge is 2.18. The van der Waals surface area contributed by atoms with Gasteiger partial charge in [0.25, 0.3) is 5.91 Å². The molecule has 9 heteroatoms. The number of carbonyl (C=O) groups is 1. The van der Waals surface area contributed by atoms with Gasteiger partial charge < -0.3 is 14.5 Å². The van der Waals surface area contributed by atoms with Crippen molar-refractivity contribution in [2.45, 2.75) is 31.6 Å². The summed E-state index contributed by atoms with van der Waals surface area (Å²) in [5, 5.41) is 8.33. The minimum absolute atomic E-state index is 0.0689. The van der Waals surface area contributed by atoms with Crippen molar-refractivity contribution in [1.82, 2.24) is 0 Å². The topological polar surface area (TPSA) is 129 Å². The number of nitrogens with one attached hydrogen (secondary N) is 1. The molecule has 0 aliphatic carbocycles. The van der Waals surface area contributed by atoms with Crippen LogP contribution in [0.25, 0.3) is 11.0 Å². The number of fused-ring (bicyclic) bond motifs is 1. The zero-order valence-corrected chi connectivity index (χ0v) is 17.6. The molecule has 2 aromatic carbocycles. The van der Waals surface area contributed by atoms with Gasteiger partial charge in [-0.15, -0.1) is 0 Å². The molecule has 0 unspecified atom stereocenters. The number of hydrogen-bond donors (Lipinski definition) is 2. The second-order valence-corrected chi connectivity index (χ2v) is 8.40. The number of methoxy groups -OCH3 is 1. The van der Waals surface area contributed by atoms with Gasteiger partial charge in [-0.3, -0.25) is 4.79 Å². The van der Waals surface area contributed by atoms with E-state index in [0.29, 0.717) is 34.4 Å². The van der Waals surface area contributed by atoms with E-state index >= 15 is 0 Å². The minimum Gasteiger partial charge on any atom is -0.496 e. The smallest absolute Gasteiger partial charge is 0.349 e. The molecule has 0 fully saturated rings. The van der Waals surface area contributed by atoms with Gasteiger partial charge in [-0.25, -0.2) is 18.4 Å². The SMILES string of the molecule is CCCc1c(OC)ccc2cc(C(=O)Nc3ccc(S(N)(=O)=O)cc3C)c(=O)oc12. The monoisotopic (exact) mass is 430 g/mol. The Morgan fingerprint density at radius 2 is 1.93 bits per heavy atom. The lowest BCUT2D eigenvalue weighted by Crippen LogP contribution is -2.21. The standard InChI is InChI=1S/C21H22N2O6S/c1-4-5-15-18(28-3)9-6-13-11-16(21(25)29-19(13)15)20(24)23-17-8-7-14(10-12(17)2)30(22,26)27/h6-11H,4-5H2,1-3H3,(H,23,24)(H2,22,26,27). The quantitative estimate of drug-likeness (QED) is 0.579. The number of nitrogens with two attached hydrogens (primary N) is 1. The Kier molecular flexibility index (Phi) is 5.95. The zero-order chi connectivity index (χ0) is 22.1. The molecule has 0 radical (unpaired) electrons. The van der Waals surface area contributed by atoms with Crippen LogP contribution in [0.4, 0.5) is 5.69 Å². The van der Waals surface area contributed by atoms with Crippen LogP contribution < -0.4 is 20.8 Å². The van der Waals surface area contributed by atoms with E-state index in [1.165, 1.54) is 24.3 Å². The second-order valence-electron chi connectivity index (χ2n) is 6.84. The number of ether oxygens (including phenoxy) is 1. The molecule has 8 nitrogen and oxygen atoms in total. The van der Waals surface area contributed by atoms with Crippen LogP contribution in [0.1, 0.15) is 34.8 Å². The molecule has 158 valence electrons. The highest BCUT2D eigenvalue weighted by atomic mass is 32.2. The largest absolute Gasteiger partial charge is 0.496 e.